The van der Waals surface area contributed by atoms with Gasteiger partial charge in [0.1, 0.15) is 11.7 Å². The van der Waals surface area contributed by atoms with Crippen molar-refractivity contribution in [1.29, 1.82) is 0 Å². The van der Waals surface area contributed by atoms with Gasteiger partial charge in [0.25, 0.3) is 17.5 Å². The summed E-state index contributed by atoms with van der Waals surface area (Å²) >= 11 is 0. The maximum absolute atomic E-state index is 12.4. The van der Waals surface area contributed by atoms with Crippen LogP contribution in [-0.2, 0) is 14.3 Å². The molecule has 3 aliphatic rings. The van der Waals surface area contributed by atoms with Crippen LogP contribution in [0.25, 0.3) is 0 Å². The van der Waals surface area contributed by atoms with E-state index < -0.39 is 41.6 Å². The van der Waals surface area contributed by atoms with Crippen molar-refractivity contribution in [2.45, 2.75) is 43.4 Å². The van der Waals surface area contributed by atoms with Gasteiger partial charge in [0.05, 0.1) is 13.2 Å². The average molecular weight is 316 g/mol. The van der Waals surface area contributed by atoms with Crippen molar-refractivity contribution in [1.82, 2.24) is 10.6 Å². The van der Waals surface area contributed by atoms with Gasteiger partial charge in [0.15, 0.2) is 0 Å². The zero-order chi connectivity index (χ0) is 16.8. The summed E-state index contributed by atoms with van der Waals surface area (Å²) in [6, 6.07) is 0. The molecule has 2 bridgehead atoms. The third kappa shape index (κ3) is 2.22. The summed E-state index contributed by atoms with van der Waals surface area (Å²) in [7, 11) is 0. The first-order valence-electron chi connectivity index (χ1n) is 6.82. The lowest BCUT2D eigenvalue weighted by Gasteiger charge is -2.49. The van der Waals surface area contributed by atoms with E-state index >= 15 is 0 Å². The Balaban J connectivity index is 2.49. The van der Waals surface area contributed by atoms with Crippen LogP contribution in [-0.4, -0.2) is 68.6 Å². The number of aliphatic hydroxyl groups excluding tert-OH is 2. The molecule has 3 aliphatic heterocycles. The van der Waals surface area contributed by atoms with Crippen LogP contribution in [0, 0.1) is 0 Å². The second-order valence-electron chi connectivity index (χ2n) is 5.68. The van der Waals surface area contributed by atoms with Gasteiger partial charge in [0.2, 0.25) is 5.72 Å². The SMILES string of the molecule is C/C=C1\CCO[C@]2([C@@H](O)[C@@](C)(O)CO)NC(=O)[C@@]1(O)NC2=O. The van der Waals surface area contributed by atoms with E-state index in [-0.39, 0.29) is 18.6 Å². The van der Waals surface area contributed by atoms with E-state index in [1.807, 2.05) is 0 Å². The van der Waals surface area contributed by atoms with E-state index in [1.54, 1.807) is 6.92 Å². The number of nitrogens with one attached hydrogen (secondary N) is 2. The maximum atomic E-state index is 12.4. The fourth-order valence-corrected chi connectivity index (χ4v) is 2.61. The monoisotopic (exact) mass is 316 g/mol. The van der Waals surface area contributed by atoms with E-state index in [9.17, 15) is 24.9 Å². The van der Waals surface area contributed by atoms with Crippen molar-refractivity contribution < 1.29 is 34.8 Å². The number of hydrogen-bond acceptors (Lipinski definition) is 7. The molecular formula is C13H20N2O7. The highest BCUT2D eigenvalue weighted by atomic mass is 16.5. The first-order valence-corrected chi connectivity index (χ1v) is 6.82. The van der Waals surface area contributed by atoms with Crippen LogP contribution in [0.5, 0.6) is 0 Å². The van der Waals surface area contributed by atoms with Crippen molar-refractivity contribution in [3.05, 3.63) is 11.6 Å². The molecule has 6 N–H and O–H groups in total. The zero-order valence-electron chi connectivity index (χ0n) is 12.3. The Hall–Kier alpha value is -1.52. The second kappa shape index (κ2) is 5.28. The summed E-state index contributed by atoms with van der Waals surface area (Å²) < 4.78 is 5.35. The molecule has 0 spiro atoms. The number of carbonyl (C=O) groups is 2. The number of ether oxygens (including phenoxy) is 1. The molecule has 0 aromatic rings. The molecule has 3 rings (SSSR count). The molecule has 2 amide bonds. The minimum absolute atomic E-state index is 0.0890. The summed E-state index contributed by atoms with van der Waals surface area (Å²) in [4.78, 5) is 24.6. The van der Waals surface area contributed by atoms with Gasteiger partial charge >= 0.3 is 0 Å². The Morgan fingerprint density at radius 3 is 2.59 bits per heavy atom. The molecule has 3 saturated heterocycles. The molecule has 9 heteroatoms. The summed E-state index contributed by atoms with van der Waals surface area (Å²) in [6.45, 7) is 1.73. The lowest BCUT2D eigenvalue weighted by molar-refractivity contribution is -0.230. The second-order valence-corrected chi connectivity index (χ2v) is 5.68. The number of rotatable bonds is 3. The fraction of sp³-hybridized carbons (Fsp3) is 0.692. The Kier molecular flexibility index (Phi) is 4.05. The molecule has 0 aliphatic carbocycles. The predicted molar refractivity (Wildman–Crippen MR) is 72.0 cm³/mol. The van der Waals surface area contributed by atoms with Crippen molar-refractivity contribution >= 4 is 11.8 Å². The lowest BCUT2D eigenvalue weighted by atomic mass is 9.85. The maximum Gasteiger partial charge on any atom is 0.280 e. The normalized spacial score (nSPS) is 37.8. The van der Waals surface area contributed by atoms with E-state index in [1.165, 1.54) is 6.08 Å². The van der Waals surface area contributed by atoms with Gasteiger partial charge in [-0.2, -0.15) is 0 Å². The minimum atomic E-state index is -2.30. The standard InChI is InChI=1S/C13H20N2O7/c1-3-7-4-5-22-13(8(17)11(2,20)6-16)10(19)14-12(7,21)9(18)15-13/h3,8,16-17,20-21H,4-6H2,1-2H3,(H,14,19)(H,15,18)/b7-3+/t8-,11-,12+,13-/m0/s1. The first kappa shape index (κ1) is 16.8. The number of aliphatic hydroxyl groups is 4. The van der Waals surface area contributed by atoms with Gasteiger partial charge in [0, 0.05) is 0 Å². The highest BCUT2D eigenvalue weighted by Gasteiger charge is 2.63. The quantitative estimate of drug-likeness (QED) is 0.306. The smallest absolute Gasteiger partial charge is 0.280 e. The minimum Gasteiger partial charge on any atom is -0.393 e. The number of carbonyl (C=O) groups excluding carboxylic acids is 2. The van der Waals surface area contributed by atoms with Crippen LogP contribution in [0.1, 0.15) is 20.3 Å². The molecule has 22 heavy (non-hydrogen) atoms. The fourth-order valence-electron chi connectivity index (χ4n) is 2.61. The van der Waals surface area contributed by atoms with Crippen molar-refractivity contribution in [3.8, 4) is 0 Å². The summed E-state index contributed by atoms with van der Waals surface area (Å²) in [5, 5.41) is 44.1. The Labute approximate surface area is 126 Å². The van der Waals surface area contributed by atoms with Gasteiger partial charge in [-0.15, -0.1) is 0 Å². The third-order valence-corrected chi connectivity index (χ3v) is 4.07. The highest BCUT2D eigenvalue weighted by Crippen LogP contribution is 2.33. The van der Waals surface area contributed by atoms with Crippen LogP contribution in [0.4, 0.5) is 0 Å². The first-order chi connectivity index (χ1) is 10.1. The molecule has 0 saturated carbocycles. The molecule has 9 nitrogen and oxygen atoms in total. The zero-order valence-corrected chi connectivity index (χ0v) is 12.3. The Morgan fingerprint density at radius 2 is 2.05 bits per heavy atom. The molecule has 4 atom stereocenters. The predicted octanol–water partition coefficient (Wildman–Crippen LogP) is -2.91. The largest absolute Gasteiger partial charge is 0.393 e. The molecule has 0 unspecified atom stereocenters. The van der Waals surface area contributed by atoms with Gasteiger partial charge < -0.3 is 35.8 Å². The molecule has 0 aromatic carbocycles. The van der Waals surface area contributed by atoms with Gasteiger partial charge in [-0.1, -0.05) is 6.08 Å². The van der Waals surface area contributed by atoms with Crippen molar-refractivity contribution in [3.63, 3.8) is 0 Å². The lowest BCUT2D eigenvalue weighted by Crippen LogP contribution is -2.82. The van der Waals surface area contributed by atoms with Gasteiger partial charge in [-0.25, -0.2) is 0 Å². The molecular weight excluding hydrogens is 296 g/mol. The van der Waals surface area contributed by atoms with Crippen LogP contribution in [0.3, 0.4) is 0 Å². The molecule has 124 valence electrons. The Morgan fingerprint density at radius 1 is 1.41 bits per heavy atom. The number of fused-ring (bicyclic) bond motifs is 5. The van der Waals surface area contributed by atoms with E-state index in [0.29, 0.717) is 0 Å². The van der Waals surface area contributed by atoms with Crippen molar-refractivity contribution in [2.75, 3.05) is 13.2 Å². The summed E-state index contributed by atoms with van der Waals surface area (Å²) in [5.41, 5.74) is -6.39. The molecule has 0 aromatic heterocycles. The van der Waals surface area contributed by atoms with Crippen LogP contribution < -0.4 is 10.6 Å². The number of piperazine rings is 1. The highest BCUT2D eigenvalue weighted by molar-refractivity contribution is 6.03. The van der Waals surface area contributed by atoms with Gasteiger partial charge in [-0.3, -0.25) is 9.59 Å². The Bertz CT molecular complexity index is 532. The van der Waals surface area contributed by atoms with Crippen LogP contribution in [0.2, 0.25) is 0 Å². The van der Waals surface area contributed by atoms with E-state index in [2.05, 4.69) is 10.6 Å². The molecule has 0 radical (unpaired) electrons. The van der Waals surface area contributed by atoms with Gasteiger partial charge in [-0.05, 0) is 25.8 Å². The summed E-state index contributed by atoms with van der Waals surface area (Å²) in [6.07, 6.45) is -0.330. The molecule has 3 heterocycles. The number of allylic oxidation sites excluding steroid dienone is 1. The number of hydrogen-bond donors (Lipinski definition) is 6. The topological polar surface area (TPSA) is 148 Å². The number of amides is 2. The van der Waals surface area contributed by atoms with Crippen LogP contribution >= 0.6 is 0 Å². The van der Waals surface area contributed by atoms with E-state index in [0.717, 1.165) is 6.92 Å². The molecule has 3 fully saturated rings. The average Bonchev–Trinajstić information content (AvgIpc) is 2.46. The van der Waals surface area contributed by atoms with E-state index in [4.69, 9.17) is 9.84 Å². The van der Waals surface area contributed by atoms with Crippen LogP contribution in [0.15, 0.2) is 11.6 Å². The van der Waals surface area contributed by atoms with Crippen molar-refractivity contribution in [2.24, 2.45) is 0 Å². The summed E-state index contributed by atoms with van der Waals surface area (Å²) in [5.74, 6) is -2.01. The third-order valence-electron chi connectivity index (χ3n) is 4.07.